The SMILES string of the molecule is C=CCN(C(=O)[C@H]1N([C@@H](CO)Cc2ccccc2)C(=O)[C@@H]2[C@@H](C(=O)OCC)[C@H]3CC[C@]21O3)C(C)C. The van der Waals surface area contributed by atoms with E-state index in [4.69, 9.17) is 9.47 Å². The fraction of sp³-hybridized carbons (Fsp3) is 0.593. The van der Waals surface area contributed by atoms with E-state index in [1.165, 1.54) is 4.90 Å². The Balaban J connectivity index is 1.79. The number of likely N-dealkylation sites (tertiary alicyclic amines) is 1. The van der Waals surface area contributed by atoms with Crippen molar-refractivity contribution in [3.63, 3.8) is 0 Å². The highest BCUT2D eigenvalue weighted by molar-refractivity contribution is 5.98. The molecule has 8 nitrogen and oxygen atoms in total. The molecule has 0 radical (unpaired) electrons. The van der Waals surface area contributed by atoms with Crippen LogP contribution in [0.25, 0.3) is 0 Å². The number of nitrogens with zero attached hydrogens (tertiary/aromatic N) is 2. The van der Waals surface area contributed by atoms with Gasteiger partial charge in [-0.15, -0.1) is 6.58 Å². The van der Waals surface area contributed by atoms with Crippen LogP contribution in [-0.4, -0.2) is 82.3 Å². The van der Waals surface area contributed by atoms with Gasteiger partial charge in [0.25, 0.3) is 0 Å². The van der Waals surface area contributed by atoms with Gasteiger partial charge in [-0.2, -0.15) is 0 Å². The minimum Gasteiger partial charge on any atom is -0.466 e. The van der Waals surface area contributed by atoms with Crippen molar-refractivity contribution in [3.8, 4) is 0 Å². The average Bonchev–Trinajstić information content (AvgIpc) is 3.48. The molecule has 1 spiro atoms. The van der Waals surface area contributed by atoms with Crippen LogP contribution >= 0.6 is 0 Å². The summed E-state index contributed by atoms with van der Waals surface area (Å²) in [4.78, 5) is 44.4. The molecule has 3 heterocycles. The van der Waals surface area contributed by atoms with Gasteiger partial charge < -0.3 is 24.4 Å². The predicted octanol–water partition coefficient (Wildman–Crippen LogP) is 1.95. The summed E-state index contributed by atoms with van der Waals surface area (Å²) >= 11 is 0. The molecule has 0 saturated carbocycles. The van der Waals surface area contributed by atoms with Crippen molar-refractivity contribution in [1.29, 1.82) is 0 Å². The smallest absolute Gasteiger partial charge is 0.312 e. The van der Waals surface area contributed by atoms with Crippen LogP contribution in [0.5, 0.6) is 0 Å². The quantitative estimate of drug-likeness (QED) is 0.403. The third kappa shape index (κ3) is 4.16. The molecule has 3 aliphatic heterocycles. The number of aliphatic hydroxyl groups is 1. The molecule has 3 saturated heterocycles. The molecule has 0 unspecified atom stereocenters. The highest BCUT2D eigenvalue weighted by atomic mass is 16.6. The molecule has 0 aliphatic carbocycles. The van der Waals surface area contributed by atoms with E-state index in [-0.39, 0.29) is 31.1 Å². The van der Waals surface area contributed by atoms with Crippen LogP contribution in [0.1, 0.15) is 39.2 Å². The maximum absolute atomic E-state index is 14.1. The van der Waals surface area contributed by atoms with Gasteiger partial charge in [0, 0.05) is 12.6 Å². The molecule has 1 N–H and O–H groups in total. The predicted molar refractivity (Wildman–Crippen MR) is 129 cm³/mol. The first-order chi connectivity index (χ1) is 16.8. The van der Waals surface area contributed by atoms with Gasteiger partial charge in [0.15, 0.2) is 0 Å². The zero-order valence-corrected chi connectivity index (χ0v) is 20.8. The zero-order chi connectivity index (χ0) is 25.3. The van der Waals surface area contributed by atoms with E-state index in [0.29, 0.717) is 25.8 Å². The van der Waals surface area contributed by atoms with Crippen molar-refractivity contribution >= 4 is 17.8 Å². The zero-order valence-electron chi connectivity index (χ0n) is 20.8. The summed E-state index contributed by atoms with van der Waals surface area (Å²) in [6.07, 6.45) is 2.67. The molecule has 2 bridgehead atoms. The van der Waals surface area contributed by atoms with Crippen molar-refractivity contribution in [2.24, 2.45) is 11.8 Å². The highest BCUT2D eigenvalue weighted by Gasteiger charge is 2.75. The summed E-state index contributed by atoms with van der Waals surface area (Å²) in [5.74, 6) is -2.58. The van der Waals surface area contributed by atoms with Crippen molar-refractivity contribution in [1.82, 2.24) is 9.80 Å². The summed E-state index contributed by atoms with van der Waals surface area (Å²) in [5, 5.41) is 10.4. The minimum atomic E-state index is -1.12. The largest absolute Gasteiger partial charge is 0.466 e. The molecule has 6 atom stereocenters. The van der Waals surface area contributed by atoms with Crippen molar-refractivity contribution < 1.29 is 29.0 Å². The van der Waals surface area contributed by atoms with Gasteiger partial charge in [-0.25, -0.2) is 0 Å². The third-order valence-corrected chi connectivity index (χ3v) is 7.68. The van der Waals surface area contributed by atoms with Crippen molar-refractivity contribution in [2.45, 2.75) is 69.9 Å². The highest BCUT2D eigenvalue weighted by Crippen LogP contribution is 2.59. The van der Waals surface area contributed by atoms with Gasteiger partial charge >= 0.3 is 5.97 Å². The van der Waals surface area contributed by atoms with E-state index in [2.05, 4.69) is 6.58 Å². The Bertz CT molecular complexity index is 966. The molecule has 0 aromatic heterocycles. The van der Waals surface area contributed by atoms with Gasteiger partial charge in [0.05, 0.1) is 37.2 Å². The summed E-state index contributed by atoms with van der Waals surface area (Å²) in [6, 6.07) is 7.86. The Morgan fingerprint density at radius 1 is 1.34 bits per heavy atom. The molecule has 35 heavy (non-hydrogen) atoms. The first-order valence-corrected chi connectivity index (χ1v) is 12.5. The Kier molecular flexibility index (Phi) is 7.33. The van der Waals surface area contributed by atoms with Gasteiger partial charge in [0.1, 0.15) is 11.6 Å². The van der Waals surface area contributed by atoms with Gasteiger partial charge in [-0.1, -0.05) is 36.4 Å². The lowest BCUT2D eigenvalue weighted by Crippen LogP contribution is -2.60. The molecule has 2 amide bonds. The number of carbonyl (C=O) groups is 3. The van der Waals surface area contributed by atoms with Crippen LogP contribution < -0.4 is 0 Å². The van der Waals surface area contributed by atoms with Crippen LogP contribution in [0.2, 0.25) is 0 Å². The van der Waals surface area contributed by atoms with Crippen LogP contribution in [0.4, 0.5) is 0 Å². The maximum Gasteiger partial charge on any atom is 0.312 e. The standard InChI is InChI=1S/C27H36N2O6/c1-5-14-28(17(3)4)25(32)23-27-13-12-20(35-27)21(26(33)34-6-2)22(27)24(31)29(23)19(16-30)15-18-10-8-7-9-11-18/h5,7-11,17,19-23,30H,1,6,12-16H2,2-4H3/t19-,20-,21+,22+,23-,27+/m1/s1. The Morgan fingerprint density at radius 3 is 2.66 bits per heavy atom. The monoisotopic (exact) mass is 484 g/mol. The molecule has 190 valence electrons. The normalized spacial score (nSPS) is 29.9. The first kappa shape index (κ1) is 25.4. The van der Waals surface area contributed by atoms with E-state index in [0.717, 1.165) is 5.56 Å². The molecule has 1 aromatic carbocycles. The second-order valence-corrected chi connectivity index (χ2v) is 9.95. The molecular formula is C27H36N2O6. The number of amides is 2. The molecule has 8 heteroatoms. The number of fused-ring (bicyclic) bond motifs is 1. The number of esters is 1. The number of hydrogen-bond acceptors (Lipinski definition) is 6. The molecular weight excluding hydrogens is 448 g/mol. The second-order valence-electron chi connectivity index (χ2n) is 9.95. The Labute approximate surface area is 206 Å². The number of benzene rings is 1. The van der Waals surface area contributed by atoms with E-state index in [9.17, 15) is 19.5 Å². The van der Waals surface area contributed by atoms with Crippen LogP contribution in [-0.2, 0) is 30.3 Å². The van der Waals surface area contributed by atoms with E-state index >= 15 is 0 Å². The lowest BCUT2D eigenvalue weighted by Gasteiger charge is -2.40. The van der Waals surface area contributed by atoms with E-state index in [1.54, 1.807) is 17.9 Å². The van der Waals surface area contributed by atoms with E-state index < -0.39 is 41.6 Å². The maximum atomic E-state index is 14.1. The van der Waals surface area contributed by atoms with Crippen LogP contribution in [0.3, 0.4) is 0 Å². The van der Waals surface area contributed by atoms with Crippen molar-refractivity contribution in [2.75, 3.05) is 19.8 Å². The van der Waals surface area contributed by atoms with Crippen molar-refractivity contribution in [3.05, 3.63) is 48.6 Å². The fourth-order valence-electron chi connectivity index (χ4n) is 6.26. The number of ether oxygens (including phenoxy) is 2. The second kappa shape index (κ2) is 10.1. The molecule has 3 fully saturated rings. The number of hydrogen-bond donors (Lipinski definition) is 1. The summed E-state index contributed by atoms with van der Waals surface area (Å²) in [5.41, 5.74) is -0.173. The third-order valence-electron chi connectivity index (χ3n) is 7.68. The minimum absolute atomic E-state index is 0.131. The summed E-state index contributed by atoms with van der Waals surface area (Å²) in [6.45, 7) is 9.57. The lowest BCUT2D eigenvalue weighted by atomic mass is 9.70. The summed E-state index contributed by atoms with van der Waals surface area (Å²) in [7, 11) is 0. The topological polar surface area (TPSA) is 96.4 Å². The first-order valence-electron chi connectivity index (χ1n) is 12.5. The van der Waals surface area contributed by atoms with Gasteiger partial charge in [0.2, 0.25) is 11.8 Å². The number of aliphatic hydroxyl groups excluding tert-OH is 1. The molecule has 4 rings (SSSR count). The van der Waals surface area contributed by atoms with Gasteiger partial charge in [-0.05, 0) is 45.6 Å². The van der Waals surface area contributed by atoms with Crippen LogP contribution in [0, 0.1) is 11.8 Å². The lowest BCUT2D eigenvalue weighted by molar-refractivity contribution is -0.156. The number of rotatable bonds is 10. The Hall–Kier alpha value is -2.71. The number of carbonyl (C=O) groups excluding carboxylic acids is 3. The molecule has 3 aliphatic rings. The summed E-state index contributed by atoms with van der Waals surface area (Å²) < 4.78 is 11.8. The van der Waals surface area contributed by atoms with Gasteiger partial charge in [-0.3, -0.25) is 14.4 Å². The average molecular weight is 485 g/mol. The molecule has 1 aromatic rings. The fourth-order valence-corrected chi connectivity index (χ4v) is 6.26. The van der Waals surface area contributed by atoms with E-state index in [1.807, 2.05) is 44.2 Å². The Morgan fingerprint density at radius 2 is 2.06 bits per heavy atom. The van der Waals surface area contributed by atoms with Crippen LogP contribution in [0.15, 0.2) is 43.0 Å².